The van der Waals surface area contributed by atoms with Crippen LogP contribution in [0.4, 0.5) is 0 Å². The van der Waals surface area contributed by atoms with E-state index < -0.39 is 23.3 Å². The summed E-state index contributed by atoms with van der Waals surface area (Å²) in [6.07, 6.45) is 3.06. The average molecular weight is 406 g/mol. The second-order valence-electron chi connectivity index (χ2n) is 4.94. The molecule has 0 atom stereocenters. The van der Waals surface area contributed by atoms with Crippen LogP contribution in [0.3, 0.4) is 0 Å². The first-order chi connectivity index (χ1) is 13.0. The van der Waals surface area contributed by atoms with Crippen molar-refractivity contribution < 1.29 is 18.5 Å². The van der Waals surface area contributed by atoms with E-state index in [-0.39, 0.29) is 28.4 Å². The van der Waals surface area contributed by atoms with E-state index in [4.69, 9.17) is 27.0 Å². The van der Waals surface area contributed by atoms with Crippen LogP contribution in [0.1, 0.15) is 16.8 Å². The molecule has 1 aromatic heterocycles. The number of nitriles is 1. The van der Waals surface area contributed by atoms with Gasteiger partial charge >= 0.3 is 0 Å². The number of thiol groups is 1. The van der Waals surface area contributed by atoms with Crippen LogP contribution in [0.5, 0.6) is 11.5 Å². The summed E-state index contributed by atoms with van der Waals surface area (Å²) in [5, 5.41) is 9.15. The van der Waals surface area contributed by atoms with Crippen LogP contribution >= 0.6 is 12.2 Å². The first-order valence-corrected chi connectivity index (χ1v) is 8.58. The summed E-state index contributed by atoms with van der Waals surface area (Å²) < 4.78 is 23.2. The Labute approximate surface area is 162 Å². The molecule has 1 amide bonds. The van der Waals surface area contributed by atoms with Gasteiger partial charge in [0.1, 0.15) is 23.5 Å². The molecule has 0 saturated heterocycles. The summed E-state index contributed by atoms with van der Waals surface area (Å²) in [6.45, 7) is -0.382. The van der Waals surface area contributed by atoms with Crippen molar-refractivity contribution in [3.63, 3.8) is 0 Å². The lowest BCUT2D eigenvalue weighted by Gasteiger charge is -2.12. The van der Waals surface area contributed by atoms with Crippen molar-refractivity contribution in [2.24, 2.45) is 0 Å². The van der Waals surface area contributed by atoms with Gasteiger partial charge in [-0.05, 0) is 30.4 Å². The molecule has 0 fully saturated rings. The monoisotopic (exact) mass is 406 g/mol. The number of nitrogens with one attached hydrogen (secondary N) is 3. The molecule has 1 heterocycles. The Morgan fingerprint density at radius 3 is 2.85 bits per heavy atom. The number of carbonyl (C=O) groups excluding carboxylic acids is 1. The Morgan fingerprint density at radius 1 is 1.41 bits per heavy atom. The van der Waals surface area contributed by atoms with Gasteiger partial charge in [-0.25, -0.2) is 4.21 Å². The maximum absolute atomic E-state index is 11.8. The Bertz CT molecular complexity index is 1050. The maximum atomic E-state index is 11.8. The lowest BCUT2D eigenvalue weighted by atomic mass is 10.1. The molecule has 0 radical (unpaired) electrons. The van der Waals surface area contributed by atoms with Gasteiger partial charge in [0.15, 0.2) is 22.9 Å². The van der Waals surface area contributed by atoms with E-state index in [1.165, 1.54) is 13.2 Å². The third-order valence-electron chi connectivity index (χ3n) is 3.26. The number of ether oxygens (including phenoxy) is 2. The largest absolute Gasteiger partial charge is 0.493 e. The molecule has 1 aromatic carbocycles. The van der Waals surface area contributed by atoms with E-state index in [9.17, 15) is 13.8 Å². The minimum atomic E-state index is -0.600. The molecule has 0 spiro atoms. The SMILES string of the molecule is COc1cccc(/C=C/c2[nH]c(=S)[nH]c(=O)c2C#N)c1OCC(=O)N[SH]=O. The number of hydrogen-bond donors (Lipinski definition) is 4. The number of benzene rings is 1. The first-order valence-electron chi connectivity index (χ1n) is 7.36. The van der Waals surface area contributed by atoms with E-state index in [1.54, 1.807) is 30.3 Å². The van der Waals surface area contributed by atoms with Crippen molar-refractivity contribution in [1.82, 2.24) is 14.7 Å². The molecular formula is C16H14N4O5S2. The van der Waals surface area contributed by atoms with E-state index >= 15 is 0 Å². The number of methoxy groups -OCH3 is 1. The number of aromatic amines is 2. The molecule has 140 valence electrons. The van der Waals surface area contributed by atoms with Gasteiger partial charge in [0.2, 0.25) is 0 Å². The Kier molecular flexibility index (Phi) is 7.04. The van der Waals surface area contributed by atoms with Crippen LogP contribution in [-0.4, -0.2) is 33.8 Å². The fourth-order valence-electron chi connectivity index (χ4n) is 2.11. The van der Waals surface area contributed by atoms with E-state index in [1.807, 2.05) is 0 Å². The molecule has 0 saturated carbocycles. The number of aromatic nitrogens is 2. The van der Waals surface area contributed by atoms with Gasteiger partial charge in [-0.1, -0.05) is 12.1 Å². The van der Waals surface area contributed by atoms with Crippen LogP contribution < -0.4 is 19.8 Å². The number of carbonyl (C=O) groups is 1. The molecule has 0 aliphatic heterocycles. The standard InChI is InChI=1S/C16H14N4O5S2/c1-24-12-4-2-3-9(14(12)25-8-13(21)20-27-23)5-6-11-10(7-17)15(22)19-16(26)18-11/h2-6,27H,8H2,1H3,(H,20,21,23)(H2,18,19,22,26)/b6-5+. The summed E-state index contributed by atoms with van der Waals surface area (Å²) in [4.78, 5) is 28.3. The summed E-state index contributed by atoms with van der Waals surface area (Å²) in [6, 6.07) is 6.83. The van der Waals surface area contributed by atoms with Crippen molar-refractivity contribution in [2.75, 3.05) is 13.7 Å². The van der Waals surface area contributed by atoms with E-state index in [2.05, 4.69) is 14.7 Å². The van der Waals surface area contributed by atoms with Crippen LogP contribution in [0, 0.1) is 16.1 Å². The highest BCUT2D eigenvalue weighted by Gasteiger charge is 2.12. The van der Waals surface area contributed by atoms with Crippen molar-refractivity contribution in [3.8, 4) is 17.6 Å². The summed E-state index contributed by atoms with van der Waals surface area (Å²) in [5.41, 5.74) is 0.0174. The zero-order valence-electron chi connectivity index (χ0n) is 13.9. The number of H-pyrrole nitrogens is 2. The van der Waals surface area contributed by atoms with Gasteiger partial charge in [-0.15, -0.1) is 0 Å². The van der Waals surface area contributed by atoms with Gasteiger partial charge in [-0.3, -0.25) is 19.3 Å². The second kappa shape index (κ2) is 9.46. The summed E-state index contributed by atoms with van der Waals surface area (Å²) in [5.74, 6) is 0.0397. The lowest BCUT2D eigenvalue weighted by molar-refractivity contribution is -0.121. The highest BCUT2D eigenvalue weighted by atomic mass is 32.2. The smallest absolute Gasteiger partial charge is 0.270 e. The third-order valence-corrected chi connectivity index (χ3v) is 3.81. The summed E-state index contributed by atoms with van der Waals surface area (Å²) in [7, 11) is 1.44. The molecule has 27 heavy (non-hydrogen) atoms. The predicted molar refractivity (Wildman–Crippen MR) is 102 cm³/mol. The Hall–Kier alpha value is -3.23. The quantitative estimate of drug-likeness (QED) is 0.395. The van der Waals surface area contributed by atoms with Gasteiger partial charge in [0.05, 0.1) is 12.8 Å². The fraction of sp³-hybridized carbons (Fsp3) is 0.125. The maximum Gasteiger partial charge on any atom is 0.270 e. The normalized spacial score (nSPS) is 10.4. The molecule has 11 heteroatoms. The van der Waals surface area contributed by atoms with Crippen molar-refractivity contribution >= 4 is 42.1 Å². The number of hydrogen-bond acceptors (Lipinski definition) is 7. The van der Waals surface area contributed by atoms with Crippen molar-refractivity contribution in [3.05, 3.63) is 50.1 Å². The van der Waals surface area contributed by atoms with Crippen LogP contribution in [0.15, 0.2) is 23.0 Å². The minimum absolute atomic E-state index is 0.0780. The van der Waals surface area contributed by atoms with E-state index in [0.29, 0.717) is 11.3 Å². The van der Waals surface area contributed by atoms with Crippen molar-refractivity contribution in [2.45, 2.75) is 0 Å². The number of rotatable bonds is 7. The third kappa shape index (κ3) is 5.13. The predicted octanol–water partition coefficient (Wildman–Crippen LogP) is 0.838. The van der Waals surface area contributed by atoms with Crippen molar-refractivity contribution in [1.29, 1.82) is 5.26 Å². The van der Waals surface area contributed by atoms with Crippen LogP contribution in [0.2, 0.25) is 0 Å². The number of para-hydroxylation sites is 1. The molecular weight excluding hydrogens is 392 g/mol. The molecule has 0 aliphatic carbocycles. The molecule has 3 N–H and O–H groups in total. The molecule has 9 nitrogen and oxygen atoms in total. The molecule has 2 aromatic rings. The van der Waals surface area contributed by atoms with Gasteiger partial charge in [0.25, 0.3) is 11.5 Å². The van der Waals surface area contributed by atoms with Gasteiger partial charge in [0, 0.05) is 5.56 Å². The molecule has 0 bridgehead atoms. The van der Waals surface area contributed by atoms with Crippen LogP contribution in [0.25, 0.3) is 12.2 Å². The highest BCUT2D eigenvalue weighted by molar-refractivity contribution is 7.71. The topological polar surface area (TPSA) is 137 Å². The highest BCUT2D eigenvalue weighted by Crippen LogP contribution is 2.32. The van der Waals surface area contributed by atoms with Gasteiger partial charge < -0.3 is 14.5 Å². The Morgan fingerprint density at radius 2 is 2.19 bits per heavy atom. The molecule has 0 aliphatic rings. The average Bonchev–Trinajstić information content (AvgIpc) is 2.64. The van der Waals surface area contributed by atoms with E-state index in [0.717, 1.165) is 0 Å². The van der Waals surface area contributed by atoms with Gasteiger partial charge in [-0.2, -0.15) is 5.26 Å². The zero-order valence-corrected chi connectivity index (χ0v) is 15.6. The molecule has 0 unspecified atom stereocenters. The lowest BCUT2D eigenvalue weighted by Crippen LogP contribution is -2.25. The summed E-state index contributed by atoms with van der Waals surface area (Å²) >= 11 is 4.39. The Balaban J connectivity index is 2.42. The molecule has 2 rings (SSSR count). The first kappa shape index (κ1) is 20.1. The zero-order chi connectivity index (χ0) is 19.8. The minimum Gasteiger partial charge on any atom is -0.493 e. The number of amides is 1. The second-order valence-corrected chi connectivity index (χ2v) is 5.75. The fourth-order valence-corrected chi connectivity index (χ4v) is 2.48. The van der Waals surface area contributed by atoms with Crippen LogP contribution in [-0.2, 0) is 16.6 Å². The number of nitrogens with zero attached hydrogens (tertiary/aromatic N) is 1.